The Morgan fingerprint density at radius 2 is 1.44 bits per heavy atom. The number of aromatic nitrogens is 2. The van der Waals surface area contributed by atoms with Crippen LogP contribution in [0.25, 0.3) is 22.4 Å². The summed E-state index contributed by atoms with van der Waals surface area (Å²) in [5.41, 5.74) is 3.90. The van der Waals surface area contributed by atoms with Crippen molar-refractivity contribution in [3.05, 3.63) is 72.4 Å². The van der Waals surface area contributed by atoms with E-state index in [-0.39, 0.29) is 5.91 Å². The lowest BCUT2D eigenvalue weighted by Crippen LogP contribution is -2.31. The van der Waals surface area contributed by atoms with Crippen molar-refractivity contribution >= 4 is 5.91 Å². The van der Waals surface area contributed by atoms with Crippen LogP contribution in [0.3, 0.4) is 0 Å². The van der Waals surface area contributed by atoms with Gasteiger partial charge in [0.25, 0.3) is 5.91 Å². The van der Waals surface area contributed by atoms with E-state index in [2.05, 4.69) is 10.2 Å². The Kier molecular flexibility index (Phi) is 5.19. The highest BCUT2D eigenvalue weighted by molar-refractivity contribution is 6.05. The number of benzene rings is 2. The highest BCUT2D eigenvalue weighted by atomic mass is 16.2. The maximum absolute atomic E-state index is 13.3. The van der Waals surface area contributed by atoms with Gasteiger partial charge in [-0.25, -0.2) is 0 Å². The number of rotatable bonds is 5. The maximum Gasteiger partial charge on any atom is 0.256 e. The molecule has 0 aliphatic rings. The summed E-state index contributed by atoms with van der Waals surface area (Å²) in [6, 6.07) is 19.6. The van der Waals surface area contributed by atoms with Gasteiger partial charge in [-0.2, -0.15) is 5.10 Å². The quantitative estimate of drug-likeness (QED) is 0.700. The van der Waals surface area contributed by atoms with Crippen LogP contribution in [0.1, 0.15) is 24.2 Å². The molecule has 0 atom stereocenters. The number of amides is 1. The summed E-state index contributed by atoms with van der Waals surface area (Å²) in [5, 5.41) is 8.48. The first-order valence-electron chi connectivity index (χ1n) is 8.52. The zero-order valence-electron chi connectivity index (χ0n) is 14.5. The first-order valence-corrected chi connectivity index (χ1v) is 8.52. The molecule has 1 aromatic heterocycles. The van der Waals surface area contributed by atoms with Crippen molar-refractivity contribution in [2.24, 2.45) is 0 Å². The van der Waals surface area contributed by atoms with Crippen molar-refractivity contribution in [2.75, 3.05) is 13.1 Å². The molecule has 1 heterocycles. The van der Waals surface area contributed by atoms with E-state index in [0.717, 1.165) is 16.7 Å². The minimum absolute atomic E-state index is 0.0161. The molecule has 2 aromatic carbocycles. The van der Waals surface area contributed by atoms with Crippen LogP contribution in [-0.4, -0.2) is 34.1 Å². The Balaban J connectivity index is 2.25. The molecule has 0 spiro atoms. The second-order valence-corrected chi connectivity index (χ2v) is 5.69. The van der Waals surface area contributed by atoms with E-state index < -0.39 is 0 Å². The second-order valence-electron chi connectivity index (χ2n) is 5.69. The maximum atomic E-state index is 13.3. The molecule has 3 aromatic rings. The van der Waals surface area contributed by atoms with E-state index in [1.165, 1.54) is 0 Å². The van der Waals surface area contributed by atoms with E-state index in [9.17, 15) is 4.79 Å². The Morgan fingerprint density at radius 3 is 2.00 bits per heavy atom. The van der Waals surface area contributed by atoms with Crippen LogP contribution < -0.4 is 0 Å². The summed E-state index contributed by atoms with van der Waals surface area (Å²) in [4.78, 5) is 15.1. The monoisotopic (exact) mass is 331 g/mol. The third kappa shape index (κ3) is 3.43. The molecule has 3 rings (SSSR count). The predicted octanol–water partition coefficient (Wildman–Crippen LogP) is 4.29. The molecule has 0 saturated carbocycles. The molecule has 126 valence electrons. The van der Waals surface area contributed by atoms with E-state index in [1.807, 2.05) is 79.4 Å². The molecule has 0 saturated heterocycles. The Bertz CT molecular complexity index is 786. The van der Waals surface area contributed by atoms with E-state index in [1.54, 1.807) is 6.20 Å². The zero-order chi connectivity index (χ0) is 17.6. The van der Waals surface area contributed by atoms with E-state index >= 15 is 0 Å². The molecule has 0 aliphatic heterocycles. The van der Waals surface area contributed by atoms with Crippen molar-refractivity contribution in [3.8, 4) is 22.4 Å². The second kappa shape index (κ2) is 7.71. The standard InChI is InChI=1S/C21H21N3O/c1-3-24(4-2)21(25)19-18(16-11-7-5-8-12-16)15-22-23-20(19)17-13-9-6-10-14-17/h5-15H,3-4H2,1-2H3. The molecule has 1 amide bonds. The van der Waals surface area contributed by atoms with Gasteiger partial charge in [0.05, 0.1) is 11.8 Å². The number of nitrogens with zero attached hydrogens (tertiary/aromatic N) is 3. The molecular formula is C21H21N3O. The fourth-order valence-corrected chi connectivity index (χ4v) is 2.91. The van der Waals surface area contributed by atoms with Crippen LogP contribution in [0, 0.1) is 0 Å². The number of hydrogen-bond acceptors (Lipinski definition) is 3. The smallest absolute Gasteiger partial charge is 0.256 e. The van der Waals surface area contributed by atoms with Gasteiger partial charge < -0.3 is 4.90 Å². The lowest BCUT2D eigenvalue weighted by molar-refractivity contribution is 0.0774. The number of hydrogen-bond donors (Lipinski definition) is 0. The molecule has 4 nitrogen and oxygen atoms in total. The third-order valence-electron chi connectivity index (χ3n) is 4.25. The number of carbonyl (C=O) groups is 1. The van der Waals surface area contributed by atoms with Gasteiger partial charge in [0, 0.05) is 24.2 Å². The first-order chi connectivity index (χ1) is 12.3. The summed E-state index contributed by atoms with van der Waals surface area (Å²) in [6.07, 6.45) is 1.68. The summed E-state index contributed by atoms with van der Waals surface area (Å²) >= 11 is 0. The van der Waals surface area contributed by atoms with Crippen molar-refractivity contribution < 1.29 is 4.79 Å². The lowest BCUT2D eigenvalue weighted by atomic mass is 9.96. The Labute approximate surface area is 148 Å². The summed E-state index contributed by atoms with van der Waals surface area (Å²) < 4.78 is 0. The van der Waals surface area contributed by atoms with Gasteiger partial charge in [-0.3, -0.25) is 4.79 Å². The van der Waals surface area contributed by atoms with Crippen molar-refractivity contribution in [1.29, 1.82) is 0 Å². The highest BCUT2D eigenvalue weighted by Gasteiger charge is 2.23. The van der Waals surface area contributed by atoms with E-state index in [4.69, 9.17) is 0 Å². The average Bonchev–Trinajstić information content (AvgIpc) is 2.69. The molecule has 4 heteroatoms. The molecule has 25 heavy (non-hydrogen) atoms. The SMILES string of the molecule is CCN(CC)C(=O)c1c(-c2ccccc2)cnnc1-c1ccccc1. The van der Waals surface area contributed by atoms with Gasteiger partial charge in [-0.1, -0.05) is 60.7 Å². The predicted molar refractivity (Wildman–Crippen MR) is 100 cm³/mol. The van der Waals surface area contributed by atoms with Crippen molar-refractivity contribution in [3.63, 3.8) is 0 Å². The topological polar surface area (TPSA) is 46.1 Å². The normalized spacial score (nSPS) is 10.5. The van der Waals surface area contributed by atoms with Gasteiger partial charge in [0.15, 0.2) is 0 Å². The van der Waals surface area contributed by atoms with E-state index in [0.29, 0.717) is 24.3 Å². The van der Waals surface area contributed by atoms with Crippen molar-refractivity contribution in [1.82, 2.24) is 15.1 Å². The van der Waals surface area contributed by atoms with Gasteiger partial charge in [-0.05, 0) is 19.4 Å². The molecule has 0 unspecified atom stereocenters. The number of carbonyl (C=O) groups excluding carboxylic acids is 1. The average molecular weight is 331 g/mol. The van der Waals surface area contributed by atoms with Gasteiger partial charge in [0.2, 0.25) is 0 Å². The minimum atomic E-state index is -0.0161. The fourth-order valence-electron chi connectivity index (χ4n) is 2.91. The molecule has 0 N–H and O–H groups in total. The fraction of sp³-hybridized carbons (Fsp3) is 0.190. The highest BCUT2D eigenvalue weighted by Crippen LogP contribution is 2.31. The van der Waals surface area contributed by atoms with Gasteiger partial charge in [-0.15, -0.1) is 5.10 Å². The molecule has 0 aliphatic carbocycles. The Hall–Kier alpha value is -3.01. The largest absolute Gasteiger partial charge is 0.339 e. The summed E-state index contributed by atoms with van der Waals surface area (Å²) in [5.74, 6) is -0.0161. The molecular weight excluding hydrogens is 310 g/mol. The molecule has 0 fully saturated rings. The minimum Gasteiger partial charge on any atom is -0.339 e. The van der Waals surface area contributed by atoms with Crippen LogP contribution in [-0.2, 0) is 0 Å². The van der Waals surface area contributed by atoms with Crippen LogP contribution in [0.2, 0.25) is 0 Å². The Morgan fingerprint density at radius 1 is 0.880 bits per heavy atom. The van der Waals surface area contributed by atoms with Crippen LogP contribution in [0.5, 0.6) is 0 Å². The lowest BCUT2D eigenvalue weighted by Gasteiger charge is -2.22. The van der Waals surface area contributed by atoms with Crippen LogP contribution in [0.4, 0.5) is 0 Å². The van der Waals surface area contributed by atoms with Crippen molar-refractivity contribution in [2.45, 2.75) is 13.8 Å². The summed E-state index contributed by atoms with van der Waals surface area (Å²) in [7, 11) is 0. The third-order valence-corrected chi connectivity index (χ3v) is 4.25. The van der Waals surface area contributed by atoms with Gasteiger partial charge >= 0.3 is 0 Å². The molecule has 0 radical (unpaired) electrons. The van der Waals surface area contributed by atoms with Crippen LogP contribution in [0.15, 0.2) is 66.9 Å². The van der Waals surface area contributed by atoms with Crippen LogP contribution >= 0.6 is 0 Å². The zero-order valence-corrected chi connectivity index (χ0v) is 14.5. The first kappa shape index (κ1) is 16.8. The van der Waals surface area contributed by atoms with Gasteiger partial charge in [0.1, 0.15) is 5.69 Å². The summed E-state index contributed by atoms with van der Waals surface area (Å²) in [6.45, 7) is 5.28. The molecule has 0 bridgehead atoms.